The lowest BCUT2D eigenvalue weighted by Gasteiger charge is -2.18. The van der Waals surface area contributed by atoms with Crippen LogP contribution in [0.15, 0.2) is 23.4 Å². The summed E-state index contributed by atoms with van der Waals surface area (Å²) < 4.78 is 1.55. The number of aromatic nitrogens is 4. The molecule has 2 rings (SSSR count). The Balaban J connectivity index is 1.80. The monoisotopic (exact) mass is 362 g/mol. The van der Waals surface area contributed by atoms with Crippen molar-refractivity contribution in [3.8, 4) is 0 Å². The molecule has 0 unspecified atom stereocenters. The van der Waals surface area contributed by atoms with Crippen LogP contribution in [0.5, 0.6) is 0 Å². The fourth-order valence-corrected chi connectivity index (χ4v) is 3.04. The van der Waals surface area contributed by atoms with E-state index in [0.717, 1.165) is 16.8 Å². The Morgan fingerprint density at radius 1 is 1.28 bits per heavy atom. The van der Waals surface area contributed by atoms with Crippen molar-refractivity contribution in [2.75, 3.05) is 24.7 Å². The number of nitrogens with zero attached hydrogens (tertiary/aromatic N) is 5. The molecule has 134 valence electrons. The average Bonchev–Trinajstić information content (AvgIpc) is 2.96. The molecule has 0 aliphatic carbocycles. The molecule has 0 atom stereocenters. The van der Waals surface area contributed by atoms with Gasteiger partial charge in [0.25, 0.3) is 0 Å². The number of aryl methyl sites for hydroxylation is 3. The number of hydrogen-bond donors (Lipinski definition) is 1. The molecule has 0 saturated heterocycles. The van der Waals surface area contributed by atoms with E-state index in [-0.39, 0.29) is 18.4 Å². The zero-order chi connectivity index (χ0) is 18.4. The minimum absolute atomic E-state index is 0.0167. The molecule has 0 radical (unpaired) electrons. The first-order valence-electron chi connectivity index (χ1n) is 7.83. The highest BCUT2D eigenvalue weighted by Crippen LogP contribution is 2.19. The zero-order valence-electron chi connectivity index (χ0n) is 14.8. The topological polar surface area (TPSA) is 93.0 Å². The molecule has 0 spiro atoms. The Labute approximate surface area is 151 Å². The Hall–Kier alpha value is -2.42. The maximum atomic E-state index is 12.2. The van der Waals surface area contributed by atoms with Gasteiger partial charge >= 0.3 is 0 Å². The Morgan fingerprint density at radius 3 is 2.56 bits per heavy atom. The second-order valence-corrected chi connectivity index (χ2v) is 6.81. The van der Waals surface area contributed by atoms with Gasteiger partial charge in [0.2, 0.25) is 17.0 Å². The van der Waals surface area contributed by atoms with E-state index in [0.29, 0.717) is 17.3 Å². The number of rotatable bonds is 7. The Morgan fingerprint density at radius 2 is 1.96 bits per heavy atom. The molecular weight excluding hydrogens is 340 g/mol. The van der Waals surface area contributed by atoms with Crippen LogP contribution in [0.2, 0.25) is 0 Å². The summed E-state index contributed by atoms with van der Waals surface area (Å²) in [5, 5.41) is 14.7. The number of tetrazole rings is 1. The van der Waals surface area contributed by atoms with Crippen molar-refractivity contribution in [3.63, 3.8) is 0 Å². The third kappa shape index (κ3) is 5.28. The maximum absolute atomic E-state index is 12.2. The fourth-order valence-electron chi connectivity index (χ4n) is 2.26. The van der Waals surface area contributed by atoms with Crippen molar-refractivity contribution < 1.29 is 9.59 Å². The molecule has 9 heteroatoms. The number of hydrogen-bond acceptors (Lipinski definition) is 6. The number of para-hydroxylation sites is 1. The highest BCUT2D eigenvalue weighted by Gasteiger charge is 2.15. The molecular formula is C16H22N6O2S. The van der Waals surface area contributed by atoms with Gasteiger partial charge in [-0.1, -0.05) is 30.0 Å². The molecule has 25 heavy (non-hydrogen) atoms. The normalized spacial score (nSPS) is 10.6. The molecule has 8 nitrogen and oxygen atoms in total. The van der Waals surface area contributed by atoms with Gasteiger partial charge in [-0.05, 0) is 35.4 Å². The smallest absolute Gasteiger partial charge is 0.243 e. The first kappa shape index (κ1) is 18.9. The van der Waals surface area contributed by atoms with E-state index < -0.39 is 0 Å². The summed E-state index contributed by atoms with van der Waals surface area (Å²) in [6.07, 6.45) is 0.310. The lowest BCUT2D eigenvalue weighted by Crippen LogP contribution is -2.35. The van der Waals surface area contributed by atoms with Gasteiger partial charge in [0.15, 0.2) is 0 Å². The van der Waals surface area contributed by atoms with E-state index >= 15 is 0 Å². The standard InChI is InChI=1S/C16H22N6O2S/c1-11-6-5-7-12(2)15(11)17-13(23)10-21(3)14(24)8-9-25-16-18-19-20-22(16)4/h5-7H,8-10H2,1-4H3,(H,17,23). The number of benzene rings is 1. The SMILES string of the molecule is Cc1cccc(C)c1NC(=O)CN(C)C(=O)CCSc1nnnn1C. The van der Waals surface area contributed by atoms with E-state index in [9.17, 15) is 9.59 Å². The van der Waals surface area contributed by atoms with Crippen LogP contribution < -0.4 is 5.32 Å². The summed E-state index contributed by atoms with van der Waals surface area (Å²) in [5.74, 6) is 0.244. The number of amides is 2. The molecule has 0 aliphatic rings. The van der Waals surface area contributed by atoms with Crippen molar-refractivity contribution in [2.24, 2.45) is 7.05 Å². The fraction of sp³-hybridized carbons (Fsp3) is 0.438. The molecule has 1 aromatic heterocycles. The van der Waals surface area contributed by atoms with Gasteiger partial charge < -0.3 is 10.2 Å². The zero-order valence-corrected chi connectivity index (χ0v) is 15.6. The van der Waals surface area contributed by atoms with Gasteiger partial charge in [-0.15, -0.1) is 5.10 Å². The minimum Gasteiger partial charge on any atom is -0.336 e. The maximum Gasteiger partial charge on any atom is 0.243 e. The molecule has 0 bridgehead atoms. The molecule has 1 heterocycles. The predicted molar refractivity (Wildman–Crippen MR) is 96.3 cm³/mol. The predicted octanol–water partition coefficient (Wildman–Crippen LogP) is 1.41. The van der Waals surface area contributed by atoms with E-state index in [4.69, 9.17) is 0 Å². The first-order chi connectivity index (χ1) is 11.9. The van der Waals surface area contributed by atoms with E-state index in [1.807, 2.05) is 32.0 Å². The summed E-state index contributed by atoms with van der Waals surface area (Å²) in [6, 6.07) is 5.83. The van der Waals surface area contributed by atoms with Gasteiger partial charge in [0, 0.05) is 32.0 Å². The third-order valence-corrected chi connectivity index (χ3v) is 4.69. The third-order valence-electron chi connectivity index (χ3n) is 3.68. The first-order valence-corrected chi connectivity index (χ1v) is 8.82. The summed E-state index contributed by atoms with van der Waals surface area (Å²) >= 11 is 1.40. The molecule has 2 aromatic rings. The molecule has 1 N–H and O–H groups in total. The van der Waals surface area contributed by atoms with E-state index in [2.05, 4.69) is 20.8 Å². The lowest BCUT2D eigenvalue weighted by molar-refractivity contribution is -0.132. The highest BCUT2D eigenvalue weighted by molar-refractivity contribution is 7.99. The van der Waals surface area contributed by atoms with Crippen LogP contribution in [-0.4, -0.2) is 56.3 Å². The molecule has 0 fully saturated rings. The highest BCUT2D eigenvalue weighted by atomic mass is 32.2. The molecule has 2 amide bonds. The molecule has 1 aromatic carbocycles. The second-order valence-electron chi connectivity index (χ2n) is 5.75. The van der Waals surface area contributed by atoms with Gasteiger partial charge in [0.1, 0.15) is 0 Å². The Kier molecular flexibility index (Phi) is 6.51. The number of carbonyl (C=O) groups is 2. The summed E-state index contributed by atoms with van der Waals surface area (Å²) in [7, 11) is 3.37. The van der Waals surface area contributed by atoms with Crippen LogP contribution in [0.3, 0.4) is 0 Å². The average molecular weight is 362 g/mol. The quantitative estimate of drug-likeness (QED) is 0.749. The van der Waals surface area contributed by atoms with Gasteiger partial charge in [-0.25, -0.2) is 4.68 Å². The van der Waals surface area contributed by atoms with Crippen LogP contribution in [0.1, 0.15) is 17.5 Å². The summed E-state index contributed by atoms with van der Waals surface area (Å²) in [5.41, 5.74) is 2.80. The van der Waals surface area contributed by atoms with Crippen molar-refractivity contribution >= 4 is 29.3 Å². The lowest BCUT2D eigenvalue weighted by atomic mass is 10.1. The van der Waals surface area contributed by atoms with Crippen LogP contribution >= 0.6 is 11.8 Å². The number of carbonyl (C=O) groups excluding carboxylic acids is 2. The van der Waals surface area contributed by atoms with Crippen LogP contribution in [-0.2, 0) is 16.6 Å². The van der Waals surface area contributed by atoms with Crippen molar-refractivity contribution in [1.82, 2.24) is 25.1 Å². The largest absolute Gasteiger partial charge is 0.336 e. The van der Waals surface area contributed by atoms with Gasteiger partial charge in [0.05, 0.1) is 6.54 Å². The number of nitrogens with one attached hydrogen (secondary N) is 1. The van der Waals surface area contributed by atoms with E-state index in [1.165, 1.54) is 16.7 Å². The molecule has 0 aliphatic heterocycles. The summed E-state index contributed by atoms with van der Waals surface area (Å²) in [4.78, 5) is 25.8. The molecule has 0 saturated carbocycles. The van der Waals surface area contributed by atoms with Crippen LogP contribution in [0.25, 0.3) is 0 Å². The van der Waals surface area contributed by atoms with Crippen molar-refractivity contribution in [2.45, 2.75) is 25.4 Å². The Bertz CT molecular complexity index is 741. The number of likely N-dealkylation sites (N-methyl/N-ethyl adjacent to an activating group) is 1. The van der Waals surface area contributed by atoms with Gasteiger partial charge in [-0.3, -0.25) is 9.59 Å². The minimum atomic E-state index is -0.210. The second kappa shape index (κ2) is 8.61. The van der Waals surface area contributed by atoms with Crippen LogP contribution in [0.4, 0.5) is 5.69 Å². The van der Waals surface area contributed by atoms with E-state index in [1.54, 1.807) is 18.8 Å². The van der Waals surface area contributed by atoms with Crippen molar-refractivity contribution in [1.29, 1.82) is 0 Å². The van der Waals surface area contributed by atoms with Crippen LogP contribution in [0, 0.1) is 13.8 Å². The van der Waals surface area contributed by atoms with Gasteiger partial charge in [-0.2, -0.15) is 0 Å². The summed E-state index contributed by atoms with van der Waals surface area (Å²) in [6.45, 7) is 3.90. The number of thioether (sulfide) groups is 1. The number of anilines is 1. The van der Waals surface area contributed by atoms with Crippen molar-refractivity contribution in [3.05, 3.63) is 29.3 Å².